The fourth-order valence-corrected chi connectivity index (χ4v) is 2.92. The molecule has 5 heteroatoms. The maximum Gasteiger partial charge on any atom is 0.157 e. The monoisotopic (exact) mass is 259 g/mol. The molecule has 2 aromatic rings. The highest BCUT2D eigenvalue weighted by Crippen LogP contribution is 2.25. The minimum Gasteiger partial charge on any atom is -0.352 e. The van der Waals surface area contributed by atoms with Crippen LogP contribution < -0.4 is 10.2 Å². The van der Waals surface area contributed by atoms with Gasteiger partial charge in [0.1, 0.15) is 5.82 Å². The lowest BCUT2D eigenvalue weighted by atomic mass is 9.96. The van der Waals surface area contributed by atoms with Crippen molar-refractivity contribution in [2.24, 2.45) is 0 Å². The van der Waals surface area contributed by atoms with Crippen LogP contribution in [0.3, 0.4) is 0 Å². The maximum absolute atomic E-state index is 4.72. The summed E-state index contributed by atoms with van der Waals surface area (Å²) in [6.07, 6.45) is 7.57. The molecule has 1 fully saturated rings. The number of nitrogens with one attached hydrogen (secondary N) is 1. The topological polar surface area (TPSA) is 45.5 Å². The summed E-state index contributed by atoms with van der Waals surface area (Å²) in [5.74, 6) is 1.07. The second kappa shape index (κ2) is 5.17. The first kappa shape index (κ1) is 12.4. The smallest absolute Gasteiger partial charge is 0.157 e. The van der Waals surface area contributed by atoms with Crippen LogP contribution in [0.2, 0.25) is 0 Å². The predicted octanol–water partition coefficient (Wildman–Crippen LogP) is 1.70. The van der Waals surface area contributed by atoms with E-state index in [4.69, 9.17) is 4.98 Å². The largest absolute Gasteiger partial charge is 0.352 e. The van der Waals surface area contributed by atoms with E-state index in [1.807, 2.05) is 23.8 Å². The first-order valence-corrected chi connectivity index (χ1v) is 7.04. The first-order valence-electron chi connectivity index (χ1n) is 7.04. The van der Waals surface area contributed by atoms with Crippen LogP contribution in [0.5, 0.6) is 0 Å². The third kappa shape index (κ3) is 2.30. The molecule has 0 bridgehead atoms. The lowest BCUT2D eigenvalue weighted by Gasteiger charge is -2.40. The first-order chi connectivity index (χ1) is 9.29. The minimum atomic E-state index is 0.475. The van der Waals surface area contributed by atoms with Crippen LogP contribution in [0, 0.1) is 0 Å². The van der Waals surface area contributed by atoms with Crippen molar-refractivity contribution >= 4 is 11.5 Å². The Bertz CT molecular complexity index is 550. The zero-order valence-electron chi connectivity index (χ0n) is 11.6. The molecule has 1 aliphatic heterocycles. The minimum absolute atomic E-state index is 0.475. The second-order valence-electron chi connectivity index (χ2n) is 5.25. The summed E-state index contributed by atoms with van der Waals surface area (Å²) >= 11 is 0. The average molecular weight is 259 g/mol. The normalized spacial score (nSPS) is 21.8. The molecule has 0 aliphatic carbocycles. The number of likely N-dealkylation sites (N-methyl/N-ethyl adjacent to an activating group) is 1. The number of fused-ring (bicyclic) bond motifs is 1. The Balaban J connectivity index is 1.92. The molecule has 1 N–H and O–H groups in total. The molecule has 1 saturated heterocycles. The van der Waals surface area contributed by atoms with Gasteiger partial charge in [-0.3, -0.25) is 0 Å². The van der Waals surface area contributed by atoms with Crippen molar-refractivity contribution in [2.45, 2.75) is 38.3 Å². The second-order valence-corrected chi connectivity index (χ2v) is 5.25. The third-order valence-electron chi connectivity index (χ3n) is 4.12. The number of anilines is 1. The molecule has 0 saturated carbocycles. The van der Waals surface area contributed by atoms with Gasteiger partial charge in [0.05, 0.1) is 6.20 Å². The van der Waals surface area contributed by atoms with Crippen LogP contribution in [0.4, 0.5) is 5.82 Å². The molecule has 19 heavy (non-hydrogen) atoms. The quantitative estimate of drug-likeness (QED) is 0.911. The molecule has 1 aliphatic rings. The SMILES string of the molecule is CNC(C)C1CCCCN1c1ccn2nccc2n1. The highest BCUT2D eigenvalue weighted by molar-refractivity contribution is 5.48. The van der Waals surface area contributed by atoms with Crippen LogP contribution in [0.25, 0.3) is 5.65 Å². The highest BCUT2D eigenvalue weighted by Gasteiger charge is 2.27. The van der Waals surface area contributed by atoms with Crippen LogP contribution in [0.1, 0.15) is 26.2 Å². The summed E-state index contributed by atoms with van der Waals surface area (Å²) in [7, 11) is 2.03. The standard InChI is InChI=1S/C14H21N5/c1-11(15-2)12-5-3-4-9-18(12)13-7-10-19-14(17-13)6-8-16-19/h6-8,10-12,15H,3-5,9H2,1-2H3. The molecular weight excluding hydrogens is 238 g/mol. The lowest BCUT2D eigenvalue weighted by molar-refractivity contribution is 0.380. The van der Waals surface area contributed by atoms with E-state index in [0.717, 1.165) is 18.0 Å². The van der Waals surface area contributed by atoms with Crippen molar-refractivity contribution < 1.29 is 0 Å². The molecule has 0 amide bonds. The van der Waals surface area contributed by atoms with Crippen LogP contribution in [-0.4, -0.2) is 40.3 Å². The highest BCUT2D eigenvalue weighted by atomic mass is 15.3. The van der Waals surface area contributed by atoms with E-state index in [1.54, 1.807) is 6.20 Å². The Hall–Kier alpha value is -1.62. The Morgan fingerprint density at radius 2 is 2.26 bits per heavy atom. The fraction of sp³-hybridized carbons (Fsp3) is 0.571. The van der Waals surface area contributed by atoms with Crippen LogP contribution >= 0.6 is 0 Å². The Morgan fingerprint density at radius 1 is 1.37 bits per heavy atom. The van der Waals surface area contributed by atoms with Crippen LogP contribution in [-0.2, 0) is 0 Å². The van der Waals surface area contributed by atoms with E-state index in [0.29, 0.717) is 12.1 Å². The van der Waals surface area contributed by atoms with Gasteiger partial charge >= 0.3 is 0 Å². The van der Waals surface area contributed by atoms with E-state index in [-0.39, 0.29) is 0 Å². The van der Waals surface area contributed by atoms with Crippen molar-refractivity contribution in [3.63, 3.8) is 0 Å². The molecule has 0 spiro atoms. The lowest BCUT2D eigenvalue weighted by Crippen LogP contribution is -2.50. The zero-order valence-corrected chi connectivity index (χ0v) is 11.6. The average Bonchev–Trinajstić information content (AvgIpc) is 2.93. The van der Waals surface area contributed by atoms with Crippen molar-refractivity contribution in [1.29, 1.82) is 0 Å². The van der Waals surface area contributed by atoms with Gasteiger partial charge in [0.2, 0.25) is 0 Å². The van der Waals surface area contributed by atoms with E-state index < -0.39 is 0 Å². The summed E-state index contributed by atoms with van der Waals surface area (Å²) in [5, 5.41) is 7.58. The van der Waals surface area contributed by atoms with Gasteiger partial charge in [0, 0.05) is 30.9 Å². The number of rotatable bonds is 3. The van der Waals surface area contributed by atoms with Crippen molar-refractivity contribution in [2.75, 3.05) is 18.5 Å². The molecule has 3 rings (SSSR count). The van der Waals surface area contributed by atoms with Crippen molar-refractivity contribution in [3.8, 4) is 0 Å². The Labute approximate surface area is 113 Å². The number of piperidine rings is 1. The summed E-state index contributed by atoms with van der Waals surface area (Å²) in [6.45, 7) is 3.34. The molecule has 3 heterocycles. The van der Waals surface area contributed by atoms with Gasteiger partial charge in [0.25, 0.3) is 0 Å². The number of nitrogens with zero attached hydrogens (tertiary/aromatic N) is 4. The number of aromatic nitrogens is 3. The molecule has 2 atom stereocenters. The molecule has 102 valence electrons. The Morgan fingerprint density at radius 3 is 3.11 bits per heavy atom. The van der Waals surface area contributed by atoms with Crippen molar-refractivity contribution in [1.82, 2.24) is 19.9 Å². The summed E-state index contributed by atoms with van der Waals surface area (Å²) in [5.41, 5.74) is 0.916. The molecule has 0 radical (unpaired) electrons. The molecule has 2 aromatic heterocycles. The van der Waals surface area contributed by atoms with Gasteiger partial charge in [-0.05, 0) is 39.3 Å². The summed E-state index contributed by atoms with van der Waals surface area (Å²) < 4.78 is 1.81. The fourth-order valence-electron chi connectivity index (χ4n) is 2.92. The molecular formula is C14H21N5. The van der Waals surface area contributed by atoms with Crippen LogP contribution in [0.15, 0.2) is 24.5 Å². The number of hydrogen-bond acceptors (Lipinski definition) is 4. The van der Waals surface area contributed by atoms with E-state index in [9.17, 15) is 0 Å². The van der Waals surface area contributed by atoms with E-state index >= 15 is 0 Å². The van der Waals surface area contributed by atoms with Crippen molar-refractivity contribution in [3.05, 3.63) is 24.5 Å². The Kier molecular flexibility index (Phi) is 3.38. The van der Waals surface area contributed by atoms with Gasteiger partial charge < -0.3 is 10.2 Å². The predicted molar refractivity (Wildman–Crippen MR) is 76.5 cm³/mol. The van der Waals surface area contributed by atoms with Gasteiger partial charge in [-0.15, -0.1) is 0 Å². The third-order valence-corrected chi connectivity index (χ3v) is 4.12. The summed E-state index contributed by atoms with van der Waals surface area (Å²) in [6, 6.07) is 5.02. The molecule has 0 aromatic carbocycles. The zero-order chi connectivity index (χ0) is 13.2. The van der Waals surface area contributed by atoms with E-state index in [1.165, 1.54) is 19.3 Å². The van der Waals surface area contributed by atoms with Gasteiger partial charge in [-0.2, -0.15) is 5.10 Å². The van der Waals surface area contributed by atoms with Gasteiger partial charge in [-0.1, -0.05) is 0 Å². The maximum atomic E-state index is 4.72. The van der Waals surface area contributed by atoms with E-state index in [2.05, 4.69) is 28.3 Å². The molecule has 2 unspecified atom stereocenters. The van der Waals surface area contributed by atoms with Gasteiger partial charge in [-0.25, -0.2) is 9.50 Å². The number of hydrogen-bond donors (Lipinski definition) is 1. The van der Waals surface area contributed by atoms with Gasteiger partial charge in [0.15, 0.2) is 5.65 Å². The summed E-state index contributed by atoms with van der Waals surface area (Å²) in [4.78, 5) is 7.17. The molecule has 5 nitrogen and oxygen atoms in total.